The Morgan fingerprint density at radius 1 is 1.24 bits per heavy atom. The van der Waals surface area contributed by atoms with Crippen molar-refractivity contribution in [2.24, 2.45) is 0 Å². The Hall–Kier alpha value is -1.04. The van der Waals surface area contributed by atoms with E-state index >= 15 is 0 Å². The number of nitrogens with zero attached hydrogens (tertiary/aromatic N) is 1. The van der Waals surface area contributed by atoms with Crippen LogP contribution in [-0.4, -0.2) is 13.7 Å². The van der Waals surface area contributed by atoms with Gasteiger partial charge in [0.25, 0.3) is 0 Å². The van der Waals surface area contributed by atoms with E-state index in [1.54, 1.807) is 12.4 Å². The minimum absolute atomic E-state index is 0.148. The summed E-state index contributed by atoms with van der Waals surface area (Å²) in [6.07, 6.45) is 3.48. The highest BCUT2D eigenvalue weighted by Crippen LogP contribution is 2.22. The van der Waals surface area contributed by atoms with Gasteiger partial charge in [-0.2, -0.15) is 0 Å². The van der Waals surface area contributed by atoms with Crippen molar-refractivity contribution in [2.45, 2.75) is 5.75 Å². The molecule has 0 saturated carbocycles. The van der Waals surface area contributed by atoms with Crippen molar-refractivity contribution < 1.29 is 8.76 Å². The quantitative estimate of drug-likeness (QED) is 0.885. The van der Waals surface area contributed by atoms with Gasteiger partial charge in [0.05, 0.1) is 5.75 Å². The maximum atomic E-state index is 10.8. The van der Waals surface area contributed by atoms with E-state index in [-0.39, 0.29) is 5.75 Å². The topological polar surface area (TPSA) is 50.2 Å². The van der Waals surface area contributed by atoms with E-state index in [1.165, 1.54) is 0 Å². The largest absolute Gasteiger partial charge is 0.306 e. The number of rotatable bonds is 3. The average Bonchev–Trinajstić information content (AvgIpc) is 2.28. The maximum Gasteiger partial charge on any atom is 0.157 e. The zero-order valence-corrected chi connectivity index (χ0v) is 11.2. The molecule has 1 heterocycles. The molecule has 5 heteroatoms. The molecule has 0 fully saturated rings. The molecule has 0 radical (unpaired) electrons. The zero-order chi connectivity index (χ0) is 12.3. The standard InChI is InChI=1S/C12H10BrNO2S/c13-12-5-11(6-14-7-12)10-3-1-2-9(4-10)8-17(15)16/h1-7H,8H2,(H,15,16). The molecule has 1 N–H and O–H groups in total. The summed E-state index contributed by atoms with van der Waals surface area (Å²) in [5.74, 6) is 0.148. The number of benzene rings is 1. The minimum Gasteiger partial charge on any atom is -0.306 e. The molecule has 17 heavy (non-hydrogen) atoms. The molecule has 88 valence electrons. The Morgan fingerprint density at radius 3 is 2.76 bits per heavy atom. The van der Waals surface area contributed by atoms with E-state index in [9.17, 15) is 4.21 Å². The number of halogens is 1. The Morgan fingerprint density at radius 2 is 2.06 bits per heavy atom. The lowest BCUT2D eigenvalue weighted by atomic mass is 10.1. The highest BCUT2D eigenvalue weighted by atomic mass is 79.9. The normalized spacial score (nSPS) is 12.4. The number of aromatic nitrogens is 1. The van der Waals surface area contributed by atoms with Crippen LogP contribution in [0.25, 0.3) is 11.1 Å². The van der Waals surface area contributed by atoms with Crippen molar-refractivity contribution in [2.75, 3.05) is 0 Å². The number of hydrogen-bond donors (Lipinski definition) is 1. The first kappa shape index (κ1) is 12.4. The van der Waals surface area contributed by atoms with Crippen molar-refractivity contribution in [3.8, 4) is 11.1 Å². The SMILES string of the molecule is O=S(O)Cc1cccc(-c2cncc(Br)c2)c1. The summed E-state index contributed by atoms with van der Waals surface area (Å²) in [6, 6.07) is 9.52. The second-order valence-corrected chi connectivity index (χ2v) is 5.41. The summed E-state index contributed by atoms with van der Waals surface area (Å²) in [7, 11) is 0. The Bertz CT molecular complexity index is 560. The lowest BCUT2D eigenvalue weighted by molar-refractivity contribution is 0.563. The van der Waals surface area contributed by atoms with Crippen LogP contribution in [0, 0.1) is 0 Å². The van der Waals surface area contributed by atoms with E-state index in [1.807, 2.05) is 30.3 Å². The molecule has 2 rings (SSSR count). The smallest absolute Gasteiger partial charge is 0.157 e. The van der Waals surface area contributed by atoms with Crippen molar-refractivity contribution in [3.63, 3.8) is 0 Å². The summed E-state index contributed by atoms with van der Waals surface area (Å²) in [4.78, 5) is 4.09. The monoisotopic (exact) mass is 311 g/mol. The van der Waals surface area contributed by atoms with Crippen LogP contribution in [0.15, 0.2) is 47.2 Å². The fourth-order valence-corrected chi connectivity index (χ4v) is 2.38. The van der Waals surface area contributed by atoms with Crippen molar-refractivity contribution >= 4 is 27.0 Å². The van der Waals surface area contributed by atoms with Crippen molar-refractivity contribution in [3.05, 3.63) is 52.8 Å². The van der Waals surface area contributed by atoms with Gasteiger partial charge in [-0.1, -0.05) is 24.3 Å². The molecular weight excluding hydrogens is 302 g/mol. The fourth-order valence-electron chi connectivity index (χ4n) is 1.55. The summed E-state index contributed by atoms with van der Waals surface area (Å²) in [6.45, 7) is 0. The highest BCUT2D eigenvalue weighted by Gasteiger charge is 2.02. The molecule has 0 bridgehead atoms. The maximum absolute atomic E-state index is 10.8. The molecule has 1 aromatic carbocycles. The molecule has 0 amide bonds. The molecule has 2 aromatic rings. The molecule has 1 atom stereocenters. The predicted molar refractivity (Wildman–Crippen MR) is 71.8 cm³/mol. The molecule has 0 aliphatic heterocycles. The van der Waals surface area contributed by atoms with Crippen LogP contribution in [0.3, 0.4) is 0 Å². The average molecular weight is 312 g/mol. The Labute approximate surface area is 110 Å². The summed E-state index contributed by atoms with van der Waals surface area (Å²) in [5.41, 5.74) is 2.80. The van der Waals surface area contributed by atoms with Crippen LogP contribution in [0.4, 0.5) is 0 Å². The third-order valence-corrected chi connectivity index (χ3v) is 3.27. The van der Waals surface area contributed by atoms with Crippen molar-refractivity contribution in [1.82, 2.24) is 4.98 Å². The first-order chi connectivity index (χ1) is 8.15. The van der Waals surface area contributed by atoms with Crippen LogP contribution < -0.4 is 0 Å². The lowest BCUT2D eigenvalue weighted by Gasteiger charge is -2.04. The van der Waals surface area contributed by atoms with Gasteiger partial charge >= 0.3 is 0 Å². The first-order valence-electron chi connectivity index (χ1n) is 4.92. The van der Waals surface area contributed by atoms with Gasteiger partial charge in [-0.3, -0.25) is 4.98 Å². The van der Waals surface area contributed by atoms with E-state index < -0.39 is 11.1 Å². The third kappa shape index (κ3) is 3.46. The van der Waals surface area contributed by atoms with Gasteiger partial charge in [0.1, 0.15) is 0 Å². The van der Waals surface area contributed by atoms with E-state index in [0.717, 1.165) is 21.2 Å². The predicted octanol–water partition coefficient (Wildman–Crippen LogP) is 3.23. The van der Waals surface area contributed by atoms with Gasteiger partial charge in [0, 0.05) is 22.4 Å². The van der Waals surface area contributed by atoms with Crippen LogP contribution in [-0.2, 0) is 16.8 Å². The van der Waals surface area contributed by atoms with Gasteiger partial charge < -0.3 is 4.55 Å². The van der Waals surface area contributed by atoms with E-state index in [0.29, 0.717) is 0 Å². The second kappa shape index (κ2) is 5.53. The Kier molecular flexibility index (Phi) is 4.04. The molecule has 0 aliphatic carbocycles. The van der Waals surface area contributed by atoms with Crippen LogP contribution >= 0.6 is 15.9 Å². The summed E-state index contributed by atoms with van der Waals surface area (Å²) < 4.78 is 20.5. The molecule has 0 saturated heterocycles. The van der Waals surface area contributed by atoms with E-state index in [4.69, 9.17) is 4.55 Å². The second-order valence-electron chi connectivity index (χ2n) is 3.56. The first-order valence-corrected chi connectivity index (χ1v) is 6.99. The Balaban J connectivity index is 2.36. The molecule has 1 unspecified atom stereocenters. The number of hydrogen-bond acceptors (Lipinski definition) is 2. The van der Waals surface area contributed by atoms with Crippen LogP contribution in [0.5, 0.6) is 0 Å². The van der Waals surface area contributed by atoms with Gasteiger partial charge in [0.2, 0.25) is 0 Å². The molecule has 3 nitrogen and oxygen atoms in total. The number of pyridine rings is 1. The third-order valence-electron chi connectivity index (χ3n) is 2.26. The van der Waals surface area contributed by atoms with Gasteiger partial charge in [0.15, 0.2) is 11.1 Å². The van der Waals surface area contributed by atoms with Crippen molar-refractivity contribution in [1.29, 1.82) is 0 Å². The lowest BCUT2D eigenvalue weighted by Crippen LogP contribution is -1.93. The molecular formula is C12H10BrNO2S. The summed E-state index contributed by atoms with van der Waals surface area (Å²) >= 11 is 1.56. The van der Waals surface area contributed by atoms with Gasteiger partial charge in [-0.15, -0.1) is 0 Å². The van der Waals surface area contributed by atoms with Gasteiger partial charge in [-0.05, 0) is 33.1 Å². The molecule has 0 spiro atoms. The molecule has 0 aliphatic rings. The molecule has 1 aromatic heterocycles. The van der Waals surface area contributed by atoms with Gasteiger partial charge in [-0.25, -0.2) is 4.21 Å². The minimum atomic E-state index is -1.81. The fraction of sp³-hybridized carbons (Fsp3) is 0.0833. The summed E-state index contributed by atoms with van der Waals surface area (Å²) in [5, 5.41) is 0. The van der Waals surface area contributed by atoms with Crippen LogP contribution in [0.1, 0.15) is 5.56 Å². The van der Waals surface area contributed by atoms with E-state index in [2.05, 4.69) is 20.9 Å². The van der Waals surface area contributed by atoms with Crippen LogP contribution in [0.2, 0.25) is 0 Å². The highest BCUT2D eigenvalue weighted by molar-refractivity contribution is 9.10. The zero-order valence-electron chi connectivity index (χ0n) is 8.84.